The topological polar surface area (TPSA) is 106 Å². The molecule has 4 amide bonds. The number of piperazine rings is 1. The van der Waals surface area contributed by atoms with Gasteiger partial charge in [0.1, 0.15) is 0 Å². The number of hydrogen-bond acceptors (Lipinski definition) is 4. The zero-order valence-electron chi connectivity index (χ0n) is 28.6. The van der Waals surface area contributed by atoms with Crippen molar-refractivity contribution in [1.29, 1.82) is 0 Å². The summed E-state index contributed by atoms with van der Waals surface area (Å²) in [6, 6.07) is 8.22. The Bertz CT molecular complexity index is 1590. The number of allylic oxidation sites excluding steroid dienone is 3. The third-order valence-electron chi connectivity index (χ3n) is 11.0. The number of carbonyl (C=O) groups excluding carboxylic acids is 4. The van der Waals surface area contributed by atoms with Crippen LogP contribution in [0.15, 0.2) is 47.6 Å². The van der Waals surface area contributed by atoms with Crippen LogP contribution in [-0.2, 0) is 31.1 Å². The molecule has 0 radical (unpaired) electrons. The van der Waals surface area contributed by atoms with Crippen molar-refractivity contribution < 1.29 is 19.2 Å². The maximum atomic E-state index is 14.7. The zero-order chi connectivity index (χ0) is 33.3. The first-order chi connectivity index (χ1) is 22.6. The molecule has 3 atom stereocenters. The lowest BCUT2D eigenvalue weighted by atomic mass is 9.65. The quantitative estimate of drug-likeness (QED) is 0.354. The third-order valence-corrected chi connectivity index (χ3v) is 11.0. The van der Waals surface area contributed by atoms with E-state index in [-0.39, 0.29) is 36.0 Å². The molecule has 1 saturated carbocycles. The van der Waals surface area contributed by atoms with Crippen molar-refractivity contribution >= 4 is 34.5 Å². The summed E-state index contributed by atoms with van der Waals surface area (Å²) in [5, 5.41) is 4.15. The zero-order valence-corrected chi connectivity index (χ0v) is 28.6. The highest BCUT2D eigenvalue weighted by Crippen LogP contribution is 2.52. The third kappa shape index (κ3) is 6.50. The minimum Gasteiger partial charge on any atom is -0.356 e. The van der Waals surface area contributed by atoms with Gasteiger partial charge in [0.25, 0.3) is 0 Å². The van der Waals surface area contributed by atoms with Crippen LogP contribution in [0.1, 0.15) is 83.9 Å². The maximum Gasteiger partial charge on any atom is 0.228 e. The van der Waals surface area contributed by atoms with Crippen LogP contribution in [0.25, 0.3) is 10.9 Å². The van der Waals surface area contributed by atoms with Crippen molar-refractivity contribution in [2.45, 2.75) is 84.6 Å². The maximum absolute atomic E-state index is 14.7. The lowest BCUT2D eigenvalue weighted by molar-refractivity contribution is -0.167. The van der Waals surface area contributed by atoms with Crippen molar-refractivity contribution in [3.05, 3.63) is 58.8 Å². The van der Waals surface area contributed by atoms with E-state index < -0.39 is 17.4 Å². The summed E-state index contributed by atoms with van der Waals surface area (Å²) < 4.78 is 0. The van der Waals surface area contributed by atoms with Crippen molar-refractivity contribution in [3.63, 3.8) is 0 Å². The Labute approximate surface area is 278 Å². The first-order valence-corrected chi connectivity index (χ1v) is 17.7. The number of nitrogens with zero attached hydrogens (tertiary/aromatic N) is 3. The summed E-state index contributed by atoms with van der Waals surface area (Å²) in [6.45, 7) is 11.3. The molecule has 47 heavy (non-hydrogen) atoms. The minimum atomic E-state index is -0.820. The Morgan fingerprint density at radius 2 is 1.68 bits per heavy atom. The second-order valence-corrected chi connectivity index (χ2v) is 14.3. The van der Waals surface area contributed by atoms with E-state index in [4.69, 9.17) is 0 Å². The normalized spacial score (nSPS) is 24.6. The van der Waals surface area contributed by atoms with Crippen LogP contribution in [0.3, 0.4) is 0 Å². The number of H-pyrrole nitrogens is 1. The van der Waals surface area contributed by atoms with E-state index in [1.165, 1.54) is 16.7 Å². The summed E-state index contributed by atoms with van der Waals surface area (Å²) in [7, 11) is 0. The summed E-state index contributed by atoms with van der Waals surface area (Å²) in [4.78, 5) is 64.4. The summed E-state index contributed by atoms with van der Waals surface area (Å²) in [5.41, 5.74) is 4.87. The molecule has 9 heteroatoms. The SMILES string of the molecule is CC[C@]12c3[nH]c4ccccc4c3CCN1C(=O)C(CC(=O)NC/C=C(\C)CCC=C(C)C)C[C@@H]2C(=O)N1CCN(C(=O)C2CC2)CC1. The number of para-hydroxylation sites is 1. The molecule has 9 nitrogen and oxygen atoms in total. The molecule has 6 rings (SSSR count). The van der Waals surface area contributed by atoms with Gasteiger partial charge in [-0.2, -0.15) is 0 Å². The van der Waals surface area contributed by atoms with Crippen LogP contribution in [0.4, 0.5) is 0 Å². The van der Waals surface area contributed by atoms with Gasteiger partial charge in [0.15, 0.2) is 0 Å². The number of amides is 4. The Morgan fingerprint density at radius 3 is 2.36 bits per heavy atom. The molecule has 0 spiro atoms. The Hall–Kier alpha value is -3.88. The van der Waals surface area contributed by atoms with Crippen LogP contribution < -0.4 is 5.32 Å². The van der Waals surface area contributed by atoms with E-state index in [1.807, 2.05) is 32.9 Å². The highest BCUT2D eigenvalue weighted by Gasteiger charge is 2.59. The Balaban J connectivity index is 1.24. The van der Waals surface area contributed by atoms with Gasteiger partial charge >= 0.3 is 0 Å². The van der Waals surface area contributed by atoms with Crippen molar-refractivity contribution in [2.75, 3.05) is 39.3 Å². The van der Waals surface area contributed by atoms with Crippen LogP contribution in [0.2, 0.25) is 0 Å². The molecule has 1 unspecified atom stereocenters. The first-order valence-electron chi connectivity index (χ1n) is 17.7. The molecule has 1 aliphatic carbocycles. The predicted octanol–water partition coefficient (Wildman–Crippen LogP) is 5.07. The van der Waals surface area contributed by atoms with E-state index in [0.29, 0.717) is 58.5 Å². The molecule has 4 heterocycles. The highest BCUT2D eigenvalue weighted by atomic mass is 16.2. The smallest absolute Gasteiger partial charge is 0.228 e. The van der Waals surface area contributed by atoms with Crippen LogP contribution >= 0.6 is 0 Å². The van der Waals surface area contributed by atoms with Gasteiger partial charge in [-0.25, -0.2) is 0 Å². The molecule has 1 aromatic carbocycles. The van der Waals surface area contributed by atoms with Crippen molar-refractivity contribution in [3.8, 4) is 0 Å². The molecule has 0 bridgehead atoms. The number of aromatic amines is 1. The Morgan fingerprint density at radius 1 is 0.979 bits per heavy atom. The Kier molecular flexibility index (Phi) is 9.62. The molecule has 2 aromatic rings. The number of carbonyl (C=O) groups is 4. The number of aromatic nitrogens is 1. The molecular weight excluding hydrogens is 590 g/mol. The minimum absolute atomic E-state index is 0.0229. The lowest BCUT2D eigenvalue weighted by Crippen LogP contribution is -2.66. The molecule has 2 saturated heterocycles. The molecule has 1 aromatic heterocycles. The van der Waals surface area contributed by atoms with Gasteiger partial charge in [0.2, 0.25) is 23.6 Å². The molecule has 3 fully saturated rings. The van der Waals surface area contributed by atoms with Gasteiger partial charge in [-0.05, 0) is 77.3 Å². The van der Waals surface area contributed by atoms with E-state index in [0.717, 1.165) is 42.3 Å². The number of nitrogens with one attached hydrogen (secondary N) is 2. The van der Waals surface area contributed by atoms with E-state index in [1.54, 1.807) is 0 Å². The lowest BCUT2D eigenvalue weighted by Gasteiger charge is -2.56. The fourth-order valence-electron chi connectivity index (χ4n) is 8.23. The fourth-order valence-corrected chi connectivity index (χ4v) is 8.23. The largest absolute Gasteiger partial charge is 0.356 e. The van der Waals surface area contributed by atoms with Gasteiger partial charge in [-0.3, -0.25) is 19.2 Å². The van der Waals surface area contributed by atoms with Gasteiger partial charge < -0.3 is 25.0 Å². The van der Waals surface area contributed by atoms with Crippen LogP contribution in [-0.4, -0.2) is 82.6 Å². The van der Waals surface area contributed by atoms with Gasteiger partial charge in [-0.1, -0.05) is 48.4 Å². The predicted molar refractivity (Wildman–Crippen MR) is 183 cm³/mol. The van der Waals surface area contributed by atoms with Crippen molar-refractivity contribution in [1.82, 2.24) is 25.0 Å². The van der Waals surface area contributed by atoms with E-state index >= 15 is 0 Å². The summed E-state index contributed by atoms with van der Waals surface area (Å²) in [6.07, 6.45) is 9.79. The molecular formula is C38H51N5O4. The second kappa shape index (κ2) is 13.7. The average molecular weight is 642 g/mol. The molecule has 2 N–H and O–H groups in total. The van der Waals surface area contributed by atoms with E-state index in [9.17, 15) is 19.2 Å². The van der Waals surface area contributed by atoms with Gasteiger partial charge in [0.05, 0.1) is 11.5 Å². The number of hydrogen-bond donors (Lipinski definition) is 2. The van der Waals surface area contributed by atoms with Gasteiger partial charge in [-0.15, -0.1) is 0 Å². The number of rotatable bonds is 10. The number of benzene rings is 1. The summed E-state index contributed by atoms with van der Waals surface area (Å²) >= 11 is 0. The molecule has 3 aliphatic heterocycles. The monoisotopic (exact) mass is 641 g/mol. The van der Waals surface area contributed by atoms with Crippen molar-refractivity contribution in [2.24, 2.45) is 17.8 Å². The molecule has 4 aliphatic rings. The highest BCUT2D eigenvalue weighted by molar-refractivity contribution is 5.93. The fraction of sp³-hybridized carbons (Fsp3) is 0.579. The van der Waals surface area contributed by atoms with Crippen LogP contribution in [0, 0.1) is 17.8 Å². The van der Waals surface area contributed by atoms with Crippen LogP contribution in [0.5, 0.6) is 0 Å². The number of fused-ring (bicyclic) bond motifs is 5. The second-order valence-electron chi connectivity index (χ2n) is 14.3. The van der Waals surface area contributed by atoms with E-state index in [2.05, 4.69) is 56.2 Å². The standard InChI is InChI=1S/C38H51N5O4/c1-5-38-31(37(47)42-21-19-41(20-22-42)35(45)27-13-14-27)23-28(24-33(44)39-17-15-26(4)10-8-9-25(2)3)36(46)43(38)18-16-30-29-11-6-7-12-32(29)40-34(30)38/h6-7,9,11-12,15,27-28,31,40H,5,8,10,13-14,16-24H2,1-4H3,(H,39,44)/b26-15+/t28?,31-,38+/m1/s1. The van der Waals surface area contributed by atoms with Gasteiger partial charge in [0, 0.05) is 74.1 Å². The summed E-state index contributed by atoms with van der Waals surface area (Å²) in [5.74, 6) is -0.876. The molecule has 252 valence electrons. The number of piperidine rings is 1. The first kappa shape index (κ1) is 33.0. The average Bonchev–Trinajstić information content (AvgIpc) is 3.85.